The van der Waals surface area contributed by atoms with Gasteiger partial charge in [0.1, 0.15) is 12.6 Å². The summed E-state index contributed by atoms with van der Waals surface area (Å²) in [6.45, 7) is 6.67. The predicted molar refractivity (Wildman–Crippen MR) is 116 cm³/mol. The molecule has 14 heteroatoms. The van der Waals surface area contributed by atoms with Gasteiger partial charge in [0.25, 0.3) is 0 Å². The smallest absolute Gasteiger partial charge is 0.303 e. The third kappa shape index (κ3) is 9.15. The lowest BCUT2D eigenvalue weighted by molar-refractivity contribution is -0.199. The molecule has 0 saturated carbocycles. The maximum atomic E-state index is 12.6. The standard InChI is InChI=1S/C22H31NO13/c1-10(24)23-8-17(32-12(3)26)20(34-14(5)28)19(23)22(36-16(7)30)21(35-15(6)29)18(33-13(4)27)9-31-11(2)25/h17-22H,8-9H2,1-7H3/t17-,18-,19+,20+,21+,22+/m0/s1. The predicted octanol–water partition coefficient (Wildman–Crippen LogP) is -0.561. The van der Waals surface area contributed by atoms with E-state index < -0.39 is 84.9 Å². The maximum Gasteiger partial charge on any atom is 0.303 e. The van der Waals surface area contributed by atoms with Gasteiger partial charge in [0.15, 0.2) is 30.5 Å². The summed E-state index contributed by atoms with van der Waals surface area (Å²) >= 11 is 0. The van der Waals surface area contributed by atoms with Gasteiger partial charge in [0.05, 0.1) is 6.54 Å². The maximum absolute atomic E-state index is 12.6. The van der Waals surface area contributed by atoms with E-state index in [0.717, 1.165) is 46.4 Å². The highest BCUT2D eigenvalue weighted by atomic mass is 16.6. The summed E-state index contributed by atoms with van der Waals surface area (Å²) in [5.74, 6) is -5.54. The molecule has 0 radical (unpaired) electrons. The summed E-state index contributed by atoms with van der Waals surface area (Å²) in [7, 11) is 0. The molecule has 36 heavy (non-hydrogen) atoms. The van der Waals surface area contributed by atoms with Gasteiger partial charge in [0, 0.05) is 48.5 Å². The Morgan fingerprint density at radius 3 is 1.64 bits per heavy atom. The SMILES string of the molecule is CC(=O)OC[C@H](OC(C)=O)[C@@H](OC(C)=O)[C@H](OC(C)=O)[C@H]1[C@H](OC(C)=O)[C@@H](OC(C)=O)CN1C(C)=O. The van der Waals surface area contributed by atoms with E-state index in [0.29, 0.717) is 0 Å². The lowest BCUT2D eigenvalue weighted by Gasteiger charge is -2.38. The van der Waals surface area contributed by atoms with Crippen molar-refractivity contribution in [2.75, 3.05) is 13.2 Å². The Morgan fingerprint density at radius 1 is 0.694 bits per heavy atom. The van der Waals surface area contributed by atoms with Crippen molar-refractivity contribution in [2.24, 2.45) is 0 Å². The molecular weight excluding hydrogens is 486 g/mol. The summed E-state index contributed by atoms with van der Waals surface area (Å²) in [6.07, 6.45) is -7.31. The summed E-state index contributed by atoms with van der Waals surface area (Å²) < 4.78 is 31.5. The Kier molecular flexibility index (Phi) is 11.3. The molecule has 0 aromatic rings. The zero-order valence-electron chi connectivity index (χ0n) is 21.1. The Balaban J connectivity index is 3.73. The lowest BCUT2D eigenvalue weighted by atomic mass is 9.95. The number of ether oxygens (including phenoxy) is 6. The highest BCUT2D eigenvalue weighted by Gasteiger charge is 2.56. The Labute approximate surface area is 207 Å². The number of nitrogens with zero attached hydrogens (tertiary/aromatic N) is 1. The molecule has 1 rings (SSSR count). The van der Waals surface area contributed by atoms with Crippen molar-refractivity contribution in [3.05, 3.63) is 0 Å². The van der Waals surface area contributed by atoms with Gasteiger partial charge in [0.2, 0.25) is 5.91 Å². The van der Waals surface area contributed by atoms with Crippen molar-refractivity contribution in [3.63, 3.8) is 0 Å². The van der Waals surface area contributed by atoms with Crippen LogP contribution in [-0.4, -0.2) is 96.3 Å². The van der Waals surface area contributed by atoms with Crippen LogP contribution < -0.4 is 0 Å². The van der Waals surface area contributed by atoms with E-state index in [-0.39, 0.29) is 6.54 Å². The second-order valence-corrected chi connectivity index (χ2v) is 7.98. The van der Waals surface area contributed by atoms with Crippen LogP contribution in [0, 0.1) is 0 Å². The molecular formula is C22H31NO13. The summed E-state index contributed by atoms with van der Waals surface area (Å²) in [5.41, 5.74) is 0. The molecule has 0 aromatic carbocycles. The van der Waals surface area contributed by atoms with E-state index in [1.54, 1.807) is 0 Å². The Hall–Kier alpha value is -3.71. The van der Waals surface area contributed by atoms with Gasteiger partial charge in [-0.2, -0.15) is 0 Å². The topological polar surface area (TPSA) is 178 Å². The monoisotopic (exact) mass is 517 g/mol. The molecule has 14 nitrogen and oxygen atoms in total. The van der Waals surface area contributed by atoms with E-state index in [4.69, 9.17) is 28.4 Å². The second kappa shape index (κ2) is 13.4. The number of hydrogen-bond acceptors (Lipinski definition) is 13. The van der Waals surface area contributed by atoms with Crippen LogP contribution in [0.1, 0.15) is 48.5 Å². The van der Waals surface area contributed by atoms with Gasteiger partial charge in [-0.15, -0.1) is 0 Å². The molecule has 0 N–H and O–H groups in total. The van der Waals surface area contributed by atoms with Crippen molar-refractivity contribution < 1.29 is 62.0 Å². The fourth-order valence-electron chi connectivity index (χ4n) is 3.85. The summed E-state index contributed by atoms with van der Waals surface area (Å²) in [4.78, 5) is 84.7. The van der Waals surface area contributed by atoms with Gasteiger partial charge in [-0.3, -0.25) is 33.6 Å². The average molecular weight is 517 g/mol. The minimum Gasteiger partial charge on any atom is -0.462 e. The first-order valence-electron chi connectivity index (χ1n) is 10.9. The number of amides is 1. The van der Waals surface area contributed by atoms with E-state index >= 15 is 0 Å². The van der Waals surface area contributed by atoms with Crippen molar-refractivity contribution in [3.8, 4) is 0 Å². The zero-order chi connectivity index (χ0) is 27.7. The second-order valence-electron chi connectivity index (χ2n) is 7.98. The quantitative estimate of drug-likeness (QED) is 0.266. The fraction of sp³-hybridized carbons (Fsp3) is 0.682. The molecule has 1 aliphatic heterocycles. The number of rotatable bonds is 10. The average Bonchev–Trinajstić information content (AvgIpc) is 3.04. The minimum absolute atomic E-state index is 0.260. The first-order chi connectivity index (χ1) is 16.6. The number of carbonyl (C=O) groups is 7. The highest BCUT2D eigenvalue weighted by molar-refractivity contribution is 5.75. The van der Waals surface area contributed by atoms with Crippen LogP contribution >= 0.6 is 0 Å². The van der Waals surface area contributed by atoms with E-state index in [9.17, 15) is 33.6 Å². The van der Waals surface area contributed by atoms with Gasteiger partial charge in [-0.05, 0) is 0 Å². The van der Waals surface area contributed by atoms with Crippen LogP contribution in [0.25, 0.3) is 0 Å². The molecule has 0 bridgehead atoms. The molecule has 0 unspecified atom stereocenters. The third-order valence-electron chi connectivity index (χ3n) is 4.86. The number of esters is 6. The van der Waals surface area contributed by atoms with Gasteiger partial charge in [-0.1, -0.05) is 0 Å². The van der Waals surface area contributed by atoms with E-state index in [2.05, 4.69) is 0 Å². The molecule has 0 spiro atoms. The molecule has 1 saturated heterocycles. The van der Waals surface area contributed by atoms with E-state index in [1.165, 1.54) is 6.92 Å². The molecule has 0 aliphatic carbocycles. The van der Waals surface area contributed by atoms with Crippen LogP contribution in [0.3, 0.4) is 0 Å². The van der Waals surface area contributed by atoms with Crippen molar-refractivity contribution >= 4 is 41.7 Å². The molecule has 1 amide bonds. The van der Waals surface area contributed by atoms with Crippen LogP contribution in [0.4, 0.5) is 0 Å². The fourth-order valence-corrected chi connectivity index (χ4v) is 3.85. The van der Waals surface area contributed by atoms with Crippen LogP contribution in [0.15, 0.2) is 0 Å². The van der Waals surface area contributed by atoms with Crippen molar-refractivity contribution in [1.82, 2.24) is 4.90 Å². The van der Waals surface area contributed by atoms with Gasteiger partial charge in [-0.25, -0.2) is 0 Å². The van der Waals surface area contributed by atoms with Gasteiger partial charge < -0.3 is 33.3 Å². The summed E-state index contributed by atoms with van der Waals surface area (Å²) in [6, 6.07) is -1.36. The number of carbonyl (C=O) groups excluding carboxylic acids is 7. The molecule has 1 aliphatic rings. The van der Waals surface area contributed by atoms with Crippen molar-refractivity contribution in [1.29, 1.82) is 0 Å². The molecule has 6 atom stereocenters. The molecule has 1 fully saturated rings. The normalized spacial score (nSPS) is 21.3. The largest absolute Gasteiger partial charge is 0.462 e. The van der Waals surface area contributed by atoms with Crippen LogP contribution in [0.5, 0.6) is 0 Å². The van der Waals surface area contributed by atoms with Gasteiger partial charge >= 0.3 is 35.8 Å². The minimum atomic E-state index is -1.64. The molecule has 202 valence electrons. The summed E-state index contributed by atoms with van der Waals surface area (Å²) in [5, 5.41) is 0. The Morgan fingerprint density at radius 2 is 1.22 bits per heavy atom. The number of hydrogen-bond donors (Lipinski definition) is 0. The molecule has 1 heterocycles. The van der Waals surface area contributed by atoms with E-state index in [1.807, 2.05) is 0 Å². The molecule has 0 aromatic heterocycles. The van der Waals surface area contributed by atoms with Crippen LogP contribution in [-0.2, 0) is 62.0 Å². The lowest BCUT2D eigenvalue weighted by Crippen LogP contribution is -2.59. The third-order valence-corrected chi connectivity index (χ3v) is 4.86. The zero-order valence-corrected chi connectivity index (χ0v) is 21.1. The first kappa shape index (κ1) is 30.3. The first-order valence-corrected chi connectivity index (χ1v) is 10.9. The highest BCUT2D eigenvalue weighted by Crippen LogP contribution is 2.32. The van der Waals surface area contributed by atoms with Crippen LogP contribution in [0.2, 0.25) is 0 Å². The Bertz CT molecular complexity index is 885. The van der Waals surface area contributed by atoms with Crippen molar-refractivity contribution in [2.45, 2.75) is 85.0 Å². The number of likely N-dealkylation sites (tertiary alicyclic amines) is 1.